The molecule has 0 spiro atoms. The first-order valence-electron chi connectivity index (χ1n) is 14.7. The number of aliphatic hydroxyl groups is 4. The Morgan fingerprint density at radius 2 is 1.65 bits per heavy atom. The molecule has 4 saturated carbocycles. The molecule has 0 heterocycles. The van der Waals surface area contributed by atoms with Crippen LogP contribution in [0.5, 0.6) is 0 Å². The van der Waals surface area contributed by atoms with Gasteiger partial charge in [0.25, 0.3) is 0 Å². The molecule has 4 N–H and O–H groups in total. The molecule has 6 heteroatoms. The highest BCUT2D eigenvalue weighted by molar-refractivity contribution is 5.79. The molecule has 4 fully saturated rings. The molecule has 0 aromatic heterocycles. The van der Waals surface area contributed by atoms with Crippen LogP contribution in [0.1, 0.15) is 92.4 Å². The van der Waals surface area contributed by atoms with Crippen LogP contribution in [-0.4, -0.2) is 58.4 Å². The lowest BCUT2D eigenvalue weighted by atomic mass is 9.33. The van der Waals surface area contributed by atoms with Gasteiger partial charge in [-0.2, -0.15) is 0 Å². The first kappa shape index (κ1) is 27.6. The molecule has 0 radical (unpaired) electrons. The summed E-state index contributed by atoms with van der Waals surface area (Å²) in [4.78, 5) is 13.4. The van der Waals surface area contributed by atoms with Gasteiger partial charge in [0.1, 0.15) is 0 Å². The van der Waals surface area contributed by atoms with E-state index in [1.165, 1.54) is 12.7 Å². The summed E-state index contributed by atoms with van der Waals surface area (Å²) in [5, 5.41) is 44.0. The van der Waals surface area contributed by atoms with Gasteiger partial charge >= 0.3 is 5.97 Å². The van der Waals surface area contributed by atoms with Crippen molar-refractivity contribution in [1.82, 2.24) is 0 Å². The number of ether oxygens (including phenoxy) is 1. The van der Waals surface area contributed by atoms with Crippen LogP contribution in [-0.2, 0) is 9.53 Å². The van der Waals surface area contributed by atoms with Gasteiger partial charge in [-0.05, 0) is 98.7 Å². The monoisotopic (exact) mass is 518 g/mol. The van der Waals surface area contributed by atoms with Crippen LogP contribution in [0.25, 0.3) is 0 Å². The predicted molar refractivity (Wildman–Crippen MR) is 141 cm³/mol. The van der Waals surface area contributed by atoms with Crippen molar-refractivity contribution in [2.75, 3.05) is 20.3 Å². The smallest absolute Gasteiger partial charge is 0.312 e. The van der Waals surface area contributed by atoms with E-state index in [4.69, 9.17) is 4.74 Å². The Morgan fingerprint density at radius 1 is 0.973 bits per heavy atom. The molecule has 6 nitrogen and oxygen atoms in total. The quantitative estimate of drug-likeness (QED) is 0.329. The summed E-state index contributed by atoms with van der Waals surface area (Å²) in [5.74, 6) is 0.0276. The molecule has 0 saturated heterocycles. The van der Waals surface area contributed by atoms with Crippen molar-refractivity contribution in [3.63, 3.8) is 0 Å². The van der Waals surface area contributed by atoms with Gasteiger partial charge < -0.3 is 25.2 Å². The number of hydrogen-bond donors (Lipinski definition) is 4. The second kappa shape index (κ2) is 8.52. The van der Waals surface area contributed by atoms with Crippen LogP contribution in [0.4, 0.5) is 0 Å². The molecule has 210 valence electrons. The number of esters is 1. The van der Waals surface area contributed by atoms with E-state index in [1.807, 2.05) is 6.92 Å². The van der Waals surface area contributed by atoms with Crippen LogP contribution >= 0.6 is 0 Å². The Hall–Kier alpha value is -0.950. The summed E-state index contributed by atoms with van der Waals surface area (Å²) in [6.07, 6.45) is 8.98. The van der Waals surface area contributed by atoms with E-state index < -0.39 is 22.5 Å². The number of allylic oxidation sites excluding steroid dienone is 1. The van der Waals surface area contributed by atoms with Gasteiger partial charge in [0.15, 0.2) is 0 Å². The second-order valence-electron chi connectivity index (χ2n) is 14.6. The number of hydrogen-bond acceptors (Lipinski definition) is 6. The number of carbonyl (C=O) groups excluding carboxylic acids is 1. The summed E-state index contributed by atoms with van der Waals surface area (Å²) < 4.78 is 5.42. The van der Waals surface area contributed by atoms with Crippen molar-refractivity contribution in [2.24, 2.45) is 50.7 Å². The second-order valence-corrected chi connectivity index (χ2v) is 14.6. The van der Waals surface area contributed by atoms with Crippen molar-refractivity contribution in [2.45, 2.75) is 104 Å². The molecule has 0 amide bonds. The number of rotatable bonds is 3. The van der Waals surface area contributed by atoms with E-state index in [-0.39, 0.29) is 53.2 Å². The molecular weight excluding hydrogens is 468 g/mol. The van der Waals surface area contributed by atoms with Gasteiger partial charge in [-0.1, -0.05) is 39.3 Å². The first-order valence-corrected chi connectivity index (χ1v) is 14.7. The van der Waals surface area contributed by atoms with Gasteiger partial charge in [-0.25, -0.2) is 0 Å². The molecule has 0 aliphatic heterocycles. The predicted octanol–water partition coefficient (Wildman–Crippen LogP) is 4.24. The molecule has 0 bridgehead atoms. The number of carbonyl (C=O) groups is 1. The average molecular weight is 519 g/mol. The lowest BCUT2D eigenvalue weighted by molar-refractivity contribution is -0.235. The third-order valence-electron chi connectivity index (χ3n) is 13.8. The van der Waals surface area contributed by atoms with Gasteiger partial charge in [-0.3, -0.25) is 4.79 Å². The van der Waals surface area contributed by atoms with Crippen molar-refractivity contribution in [3.8, 4) is 0 Å². The zero-order valence-corrected chi connectivity index (χ0v) is 23.8. The van der Waals surface area contributed by atoms with Crippen LogP contribution in [0.2, 0.25) is 0 Å². The lowest BCUT2D eigenvalue weighted by Crippen LogP contribution is -2.68. The van der Waals surface area contributed by atoms with Crippen LogP contribution in [0.3, 0.4) is 0 Å². The summed E-state index contributed by atoms with van der Waals surface area (Å²) in [7, 11) is 1.48. The van der Waals surface area contributed by atoms with Crippen molar-refractivity contribution in [3.05, 3.63) is 11.6 Å². The number of fused-ring (bicyclic) bond motifs is 7. The third-order valence-corrected chi connectivity index (χ3v) is 13.8. The van der Waals surface area contributed by atoms with E-state index in [0.29, 0.717) is 12.3 Å². The van der Waals surface area contributed by atoms with Gasteiger partial charge in [0.2, 0.25) is 0 Å². The van der Waals surface area contributed by atoms with Gasteiger partial charge in [-0.15, -0.1) is 0 Å². The zero-order chi connectivity index (χ0) is 27.2. The highest BCUT2D eigenvalue weighted by atomic mass is 16.5. The maximum absolute atomic E-state index is 13.4. The molecule has 5 aliphatic rings. The molecule has 5 aliphatic carbocycles. The Labute approximate surface area is 222 Å². The fourth-order valence-electron chi connectivity index (χ4n) is 11.2. The minimum absolute atomic E-state index is 0.0472. The highest BCUT2D eigenvalue weighted by Gasteiger charge is 2.72. The van der Waals surface area contributed by atoms with Crippen LogP contribution < -0.4 is 0 Å². The highest BCUT2D eigenvalue weighted by Crippen LogP contribution is 2.76. The molecule has 10 unspecified atom stereocenters. The van der Waals surface area contributed by atoms with Crippen LogP contribution in [0, 0.1) is 50.7 Å². The maximum atomic E-state index is 13.4. The number of aliphatic hydroxyl groups excluding tert-OH is 3. The van der Waals surface area contributed by atoms with E-state index in [1.54, 1.807) is 0 Å². The molecule has 0 aromatic rings. The van der Waals surface area contributed by atoms with Gasteiger partial charge in [0.05, 0.1) is 37.4 Å². The molecule has 37 heavy (non-hydrogen) atoms. The SMILES string of the molecule is COC(=O)C12CCC(C)C(C)(O)C1C1=CCC3C4(C)CCC(O)C(CO)(CO)C4CCC3(C)C1(C)CC2. The van der Waals surface area contributed by atoms with Crippen molar-refractivity contribution >= 4 is 5.97 Å². The Morgan fingerprint density at radius 3 is 2.27 bits per heavy atom. The molecule has 10 atom stereocenters. The average Bonchev–Trinajstić information content (AvgIpc) is 2.87. The van der Waals surface area contributed by atoms with Crippen molar-refractivity contribution in [1.29, 1.82) is 0 Å². The Bertz CT molecular complexity index is 969. The zero-order valence-electron chi connectivity index (χ0n) is 23.8. The summed E-state index contributed by atoms with van der Waals surface area (Å²) in [6.45, 7) is 10.8. The number of methoxy groups -OCH3 is 1. The summed E-state index contributed by atoms with van der Waals surface area (Å²) >= 11 is 0. The maximum Gasteiger partial charge on any atom is 0.312 e. The van der Waals surface area contributed by atoms with E-state index in [9.17, 15) is 25.2 Å². The molecule has 0 aromatic carbocycles. The first-order chi connectivity index (χ1) is 17.2. The van der Waals surface area contributed by atoms with Crippen molar-refractivity contribution < 1.29 is 30.0 Å². The summed E-state index contributed by atoms with van der Waals surface area (Å²) in [5.41, 5.74) is -1.64. The van der Waals surface area contributed by atoms with Gasteiger partial charge in [0, 0.05) is 11.3 Å². The largest absolute Gasteiger partial charge is 0.469 e. The normalized spacial score (nSPS) is 52.6. The van der Waals surface area contributed by atoms with Crippen LogP contribution in [0.15, 0.2) is 11.6 Å². The minimum atomic E-state index is -0.998. The third kappa shape index (κ3) is 3.16. The fourth-order valence-corrected chi connectivity index (χ4v) is 11.2. The fraction of sp³-hybridized carbons (Fsp3) is 0.903. The Balaban J connectivity index is 1.64. The molecular formula is C31H50O6. The van der Waals surface area contributed by atoms with E-state index in [0.717, 1.165) is 51.4 Å². The topological polar surface area (TPSA) is 107 Å². The Kier molecular flexibility index (Phi) is 6.36. The van der Waals surface area contributed by atoms with E-state index in [2.05, 4.69) is 33.8 Å². The van der Waals surface area contributed by atoms with E-state index >= 15 is 0 Å². The standard InChI is InChI=1S/C31H50O6/c1-19-9-14-30(25(35)37-6)16-15-27(3)20(24(30)29(19,5)36)7-8-21-26(2)12-11-23(34)31(17-32,18-33)22(26)10-13-28(21,27)4/h7,19,21-24,32-34,36H,8-18H2,1-6H3. The molecule has 5 rings (SSSR count). The minimum Gasteiger partial charge on any atom is -0.469 e. The lowest BCUT2D eigenvalue weighted by Gasteiger charge is -2.72. The summed E-state index contributed by atoms with van der Waals surface area (Å²) in [6, 6.07) is 0.